The van der Waals surface area contributed by atoms with Crippen LogP contribution in [0.4, 0.5) is 13.2 Å². The summed E-state index contributed by atoms with van der Waals surface area (Å²) in [6.07, 6.45) is -2.53. The number of halogens is 3. The Balaban J connectivity index is 1.79. The molecule has 0 unspecified atom stereocenters. The molecule has 3 rings (SSSR count). The largest absolute Gasteiger partial charge is 0.504 e. The van der Waals surface area contributed by atoms with E-state index in [0.717, 1.165) is 16.8 Å². The van der Waals surface area contributed by atoms with Crippen molar-refractivity contribution >= 4 is 5.97 Å². The number of hydrogen-bond donors (Lipinski definition) is 4. The molecule has 1 fully saturated rings. The predicted octanol–water partition coefficient (Wildman–Crippen LogP) is 0.0851. The van der Waals surface area contributed by atoms with Crippen molar-refractivity contribution in [2.24, 2.45) is 0 Å². The van der Waals surface area contributed by atoms with Gasteiger partial charge >= 0.3 is 11.7 Å². The summed E-state index contributed by atoms with van der Waals surface area (Å²) in [5.74, 6) is -11.0. The van der Waals surface area contributed by atoms with Crippen molar-refractivity contribution < 1.29 is 42.8 Å². The normalized spacial score (nSPS) is 21.3. The van der Waals surface area contributed by atoms with Crippen LogP contribution < -0.4 is 16.0 Å². The summed E-state index contributed by atoms with van der Waals surface area (Å²) in [6.45, 7) is -0.727. The number of carbonyl (C=O) groups is 1. The molecule has 13 heteroatoms. The zero-order chi connectivity index (χ0) is 21.5. The van der Waals surface area contributed by atoms with Gasteiger partial charge in [-0.15, -0.1) is 0 Å². The third kappa shape index (κ3) is 3.69. The number of ether oxygens (including phenoxy) is 2. The summed E-state index contributed by atoms with van der Waals surface area (Å²) in [7, 11) is 0. The van der Waals surface area contributed by atoms with Crippen LogP contribution in [-0.2, 0) is 4.74 Å². The number of carboxylic acids is 1. The first-order valence-electron chi connectivity index (χ1n) is 8.02. The first kappa shape index (κ1) is 20.4. The Bertz CT molecular complexity index is 1050. The Morgan fingerprint density at radius 1 is 1.28 bits per heavy atom. The summed E-state index contributed by atoms with van der Waals surface area (Å²) >= 11 is 0. The molecule has 0 spiro atoms. The van der Waals surface area contributed by atoms with Gasteiger partial charge in [-0.05, 0) is 0 Å². The third-order valence-corrected chi connectivity index (χ3v) is 4.23. The molecule has 0 saturated carbocycles. The Kier molecular flexibility index (Phi) is 5.35. The van der Waals surface area contributed by atoms with Crippen LogP contribution in [-0.4, -0.2) is 49.7 Å². The molecule has 1 saturated heterocycles. The molecule has 0 amide bonds. The maximum Gasteiger partial charge on any atom is 0.342 e. The smallest absolute Gasteiger partial charge is 0.342 e. The lowest BCUT2D eigenvalue weighted by molar-refractivity contribution is -0.0421. The van der Waals surface area contributed by atoms with Gasteiger partial charge in [-0.2, -0.15) is 8.78 Å². The molecule has 4 N–H and O–H groups in total. The number of H-pyrrole nitrogens is 1. The van der Waals surface area contributed by atoms with E-state index in [-0.39, 0.29) is 6.42 Å². The van der Waals surface area contributed by atoms with E-state index in [2.05, 4.69) is 0 Å². The number of aliphatic hydroxyl groups is 1. The molecular formula is C16H13F3N2O8. The van der Waals surface area contributed by atoms with Crippen molar-refractivity contribution in [2.45, 2.75) is 24.9 Å². The molecule has 156 valence electrons. The molecule has 0 bridgehead atoms. The van der Waals surface area contributed by atoms with Gasteiger partial charge in [-0.3, -0.25) is 14.3 Å². The minimum absolute atomic E-state index is 0.136. The highest BCUT2D eigenvalue weighted by molar-refractivity contribution is 5.91. The predicted molar refractivity (Wildman–Crippen MR) is 86.3 cm³/mol. The number of nitrogens with zero attached hydrogens (tertiary/aromatic N) is 1. The van der Waals surface area contributed by atoms with E-state index >= 15 is 0 Å². The first-order valence-corrected chi connectivity index (χ1v) is 8.02. The third-order valence-electron chi connectivity index (χ3n) is 4.23. The molecule has 1 aromatic heterocycles. The topological polar surface area (TPSA) is 151 Å². The number of nitrogens with one attached hydrogen (secondary N) is 1. The maximum absolute atomic E-state index is 14.0. The van der Waals surface area contributed by atoms with Crippen LogP contribution in [0.15, 0.2) is 21.9 Å². The standard InChI is InChI=1S/C16H13F3N2O8/c17-10-9(15(25)26)13(24)12(19)14(11(10)18)28-4-6-5(22)3-8(29-6)21-2-1-7(23)20-16(21)27/h1-2,5-6,8,22,24H,3-4H2,(H,25,26)(H,20,23,27)/t5-,6+,8+/m0/s1. The minimum Gasteiger partial charge on any atom is -0.504 e. The molecule has 2 aromatic rings. The number of aromatic hydroxyl groups is 1. The molecule has 1 aliphatic rings. The Morgan fingerprint density at radius 2 is 1.97 bits per heavy atom. The van der Waals surface area contributed by atoms with Crippen LogP contribution >= 0.6 is 0 Å². The second-order valence-electron chi connectivity index (χ2n) is 6.06. The van der Waals surface area contributed by atoms with Crippen LogP contribution in [0, 0.1) is 17.5 Å². The molecule has 1 aromatic carbocycles. The highest BCUT2D eigenvalue weighted by atomic mass is 19.2. The molecule has 2 heterocycles. The van der Waals surface area contributed by atoms with E-state index in [1.54, 1.807) is 0 Å². The van der Waals surface area contributed by atoms with Crippen LogP contribution in [0.25, 0.3) is 0 Å². The molecule has 10 nitrogen and oxygen atoms in total. The number of aromatic carboxylic acids is 1. The van der Waals surface area contributed by atoms with Crippen LogP contribution in [0.2, 0.25) is 0 Å². The number of carboxylic acid groups (broad SMARTS) is 1. The van der Waals surface area contributed by atoms with E-state index in [0.29, 0.717) is 0 Å². The van der Waals surface area contributed by atoms with Crippen molar-refractivity contribution in [2.75, 3.05) is 6.61 Å². The average molecular weight is 418 g/mol. The highest BCUT2D eigenvalue weighted by Gasteiger charge is 2.37. The molecular weight excluding hydrogens is 405 g/mol. The summed E-state index contributed by atoms with van der Waals surface area (Å²) in [4.78, 5) is 35.7. The van der Waals surface area contributed by atoms with Crippen LogP contribution in [0.1, 0.15) is 23.0 Å². The van der Waals surface area contributed by atoms with E-state index in [9.17, 15) is 37.8 Å². The number of aliphatic hydroxyl groups excluding tert-OH is 1. The average Bonchev–Trinajstić information content (AvgIpc) is 3.00. The SMILES string of the molecule is O=C(O)c1c(O)c(F)c(OC[C@H]2O[C@@H](n3ccc(=O)[nH]c3=O)C[C@@H]2O)c(F)c1F. The number of phenols is 1. The molecule has 0 aliphatic carbocycles. The first-order chi connectivity index (χ1) is 13.6. The highest BCUT2D eigenvalue weighted by Crippen LogP contribution is 2.36. The lowest BCUT2D eigenvalue weighted by Crippen LogP contribution is -2.32. The minimum atomic E-state index is -2.09. The van der Waals surface area contributed by atoms with Gasteiger partial charge in [-0.25, -0.2) is 14.0 Å². The lowest BCUT2D eigenvalue weighted by Gasteiger charge is -2.18. The maximum atomic E-state index is 14.0. The number of aromatic nitrogens is 2. The van der Waals surface area contributed by atoms with Crippen molar-refractivity contribution in [1.29, 1.82) is 0 Å². The van der Waals surface area contributed by atoms with Gasteiger partial charge in [0.25, 0.3) is 5.56 Å². The van der Waals surface area contributed by atoms with E-state index in [4.69, 9.17) is 14.6 Å². The Hall–Kier alpha value is -3.32. The molecule has 3 atom stereocenters. The van der Waals surface area contributed by atoms with E-state index < -0.39 is 76.8 Å². The quantitative estimate of drug-likeness (QED) is 0.499. The van der Waals surface area contributed by atoms with E-state index in [1.165, 1.54) is 0 Å². The fourth-order valence-corrected chi connectivity index (χ4v) is 2.80. The molecule has 29 heavy (non-hydrogen) atoms. The van der Waals surface area contributed by atoms with Crippen LogP contribution in [0.5, 0.6) is 11.5 Å². The molecule has 1 aliphatic heterocycles. The van der Waals surface area contributed by atoms with Gasteiger partial charge in [0.05, 0.1) is 6.10 Å². The summed E-state index contributed by atoms with van der Waals surface area (Å²) < 4.78 is 52.9. The Labute approximate surface area is 158 Å². The number of benzene rings is 1. The van der Waals surface area contributed by atoms with Gasteiger partial charge < -0.3 is 24.8 Å². The number of aromatic amines is 1. The molecule has 0 radical (unpaired) electrons. The summed E-state index contributed by atoms with van der Waals surface area (Å²) in [6, 6.07) is 1.04. The van der Waals surface area contributed by atoms with Gasteiger partial charge in [0.1, 0.15) is 24.5 Å². The second kappa shape index (κ2) is 7.60. The van der Waals surface area contributed by atoms with Gasteiger partial charge in [0.15, 0.2) is 17.3 Å². The van der Waals surface area contributed by atoms with Crippen molar-refractivity contribution in [3.8, 4) is 11.5 Å². The number of hydrogen-bond acceptors (Lipinski definition) is 7. The monoisotopic (exact) mass is 418 g/mol. The van der Waals surface area contributed by atoms with Crippen molar-refractivity contribution in [1.82, 2.24) is 9.55 Å². The summed E-state index contributed by atoms with van der Waals surface area (Å²) in [5, 5.41) is 28.2. The summed E-state index contributed by atoms with van der Waals surface area (Å²) in [5.41, 5.74) is -3.06. The van der Waals surface area contributed by atoms with Crippen molar-refractivity contribution in [3.63, 3.8) is 0 Å². The Morgan fingerprint density at radius 3 is 2.59 bits per heavy atom. The second-order valence-corrected chi connectivity index (χ2v) is 6.06. The zero-order valence-corrected chi connectivity index (χ0v) is 14.3. The fraction of sp³-hybridized carbons (Fsp3) is 0.312. The number of rotatable bonds is 5. The lowest BCUT2D eigenvalue weighted by atomic mass is 10.1. The van der Waals surface area contributed by atoms with Gasteiger partial charge in [-0.1, -0.05) is 0 Å². The van der Waals surface area contributed by atoms with Gasteiger partial charge in [0, 0.05) is 18.7 Å². The zero-order valence-electron chi connectivity index (χ0n) is 14.3. The van der Waals surface area contributed by atoms with Crippen molar-refractivity contribution in [3.05, 3.63) is 56.1 Å². The fourth-order valence-electron chi connectivity index (χ4n) is 2.80. The van der Waals surface area contributed by atoms with Crippen LogP contribution in [0.3, 0.4) is 0 Å². The van der Waals surface area contributed by atoms with Gasteiger partial charge in [0.2, 0.25) is 11.6 Å². The van der Waals surface area contributed by atoms with E-state index in [1.807, 2.05) is 4.98 Å².